The molecular formula is C30H35N3O3. The molecule has 2 heterocycles. The van der Waals surface area contributed by atoms with E-state index in [1.54, 1.807) is 4.90 Å². The summed E-state index contributed by atoms with van der Waals surface area (Å²) in [4.78, 5) is 29.7. The maximum absolute atomic E-state index is 13.3. The Morgan fingerprint density at radius 1 is 0.972 bits per heavy atom. The molecule has 3 aromatic rings. The highest BCUT2D eigenvalue weighted by Gasteiger charge is 2.54. The number of carbonyl (C=O) groups is 2. The van der Waals surface area contributed by atoms with E-state index in [1.807, 2.05) is 65.0 Å². The molecule has 5 rings (SSSR count). The lowest BCUT2D eigenvalue weighted by atomic mass is 9.72. The van der Waals surface area contributed by atoms with Gasteiger partial charge >= 0.3 is 6.09 Å². The normalized spacial score (nSPS) is 17.4. The van der Waals surface area contributed by atoms with E-state index in [0.717, 1.165) is 48.4 Å². The number of benzene rings is 3. The molecule has 0 bridgehead atoms. The summed E-state index contributed by atoms with van der Waals surface area (Å²) >= 11 is 0. The first-order chi connectivity index (χ1) is 17.0. The second-order valence-electron chi connectivity index (χ2n) is 11.5. The number of aryl methyl sites for hydroxylation is 1. The van der Waals surface area contributed by atoms with Crippen LogP contribution in [-0.4, -0.2) is 48.7 Å². The Hall–Kier alpha value is -3.54. The second-order valence-corrected chi connectivity index (χ2v) is 11.5. The van der Waals surface area contributed by atoms with Crippen LogP contribution in [0.25, 0.3) is 10.8 Å². The zero-order chi connectivity index (χ0) is 25.7. The fourth-order valence-corrected chi connectivity index (χ4v) is 5.40. The van der Waals surface area contributed by atoms with Crippen molar-refractivity contribution in [3.8, 4) is 0 Å². The van der Waals surface area contributed by atoms with Crippen molar-refractivity contribution < 1.29 is 14.3 Å². The van der Waals surface area contributed by atoms with Crippen molar-refractivity contribution in [2.75, 3.05) is 31.1 Å². The molecule has 2 fully saturated rings. The van der Waals surface area contributed by atoms with Crippen LogP contribution in [0.1, 0.15) is 55.2 Å². The van der Waals surface area contributed by atoms with E-state index in [1.165, 1.54) is 5.39 Å². The molecule has 2 aliphatic rings. The first-order valence-electron chi connectivity index (χ1n) is 12.7. The van der Waals surface area contributed by atoms with Crippen LogP contribution >= 0.6 is 0 Å². The lowest BCUT2D eigenvalue weighted by Gasteiger charge is -2.60. The van der Waals surface area contributed by atoms with Crippen LogP contribution < -0.4 is 10.2 Å². The van der Waals surface area contributed by atoms with Crippen molar-refractivity contribution in [3.05, 3.63) is 77.4 Å². The van der Waals surface area contributed by atoms with Gasteiger partial charge in [0.1, 0.15) is 5.60 Å². The molecule has 0 unspecified atom stereocenters. The predicted molar refractivity (Wildman–Crippen MR) is 143 cm³/mol. The van der Waals surface area contributed by atoms with Gasteiger partial charge in [0, 0.05) is 42.8 Å². The molecule has 6 nitrogen and oxygen atoms in total. The average Bonchev–Trinajstić information content (AvgIpc) is 2.76. The number of anilines is 1. The quantitative estimate of drug-likeness (QED) is 0.515. The van der Waals surface area contributed by atoms with Gasteiger partial charge in [0.2, 0.25) is 0 Å². The van der Waals surface area contributed by atoms with Gasteiger partial charge in [-0.2, -0.15) is 0 Å². The summed E-state index contributed by atoms with van der Waals surface area (Å²) < 4.78 is 5.49. The number of ether oxygens (including phenoxy) is 1. The molecule has 188 valence electrons. The van der Waals surface area contributed by atoms with Crippen LogP contribution in [0.15, 0.2) is 60.7 Å². The predicted octanol–water partition coefficient (Wildman–Crippen LogP) is 5.70. The van der Waals surface area contributed by atoms with Crippen LogP contribution in [-0.2, 0) is 4.74 Å². The number of hydrogen-bond donors (Lipinski definition) is 1. The molecule has 3 aromatic carbocycles. The largest absolute Gasteiger partial charge is 0.444 e. The van der Waals surface area contributed by atoms with Gasteiger partial charge in [0.25, 0.3) is 5.91 Å². The molecule has 0 aromatic heterocycles. The third-order valence-corrected chi connectivity index (χ3v) is 7.23. The Bertz CT molecular complexity index is 1310. The number of amides is 2. The lowest BCUT2D eigenvalue weighted by Crippen LogP contribution is -2.73. The summed E-state index contributed by atoms with van der Waals surface area (Å²) in [6, 6.07) is 20.4. The number of fused-ring (bicyclic) bond motifs is 1. The minimum Gasteiger partial charge on any atom is -0.444 e. The molecule has 2 saturated heterocycles. The zero-order valence-corrected chi connectivity index (χ0v) is 21.8. The summed E-state index contributed by atoms with van der Waals surface area (Å²) in [5.74, 6) is -0.0650. The van der Waals surface area contributed by atoms with E-state index in [4.69, 9.17) is 4.74 Å². The summed E-state index contributed by atoms with van der Waals surface area (Å²) in [7, 11) is 0. The monoisotopic (exact) mass is 485 g/mol. The summed E-state index contributed by atoms with van der Waals surface area (Å²) in [6.07, 6.45) is -0.235. The summed E-state index contributed by atoms with van der Waals surface area (Å²) in [5, 5.41) is 5.53. The number of carbonyl (C=O) groups excluding carboxylic acids is 2. The number of hydrogen-bond acceptors (Lipinski definition) is 4. The molecule has 0 aliphatic carbocycles. The first-order valence-corrected chi connectivity index (χ1v) is 12.7. The molecular weight excluding hydrogens is 450 g/mol. The van der Waals surface area contributed by atoms with Crippen molar-refractivity contribution in [2.45, 2.75) is 46.3 Å². The van der Waals surface area contributed by atoms with Crippen molar-refractivity contribution in [1.29, 1.82) is 0 Å². The average molecular weight is 486 g/mol. The molecule has 36 heavy (non-hydrogen) atoms. The molecule has 2 aliphatic heterocycles. The molecule has 2 amide bonds. The smallest absolute Gasteiger partial charge is 0.410 e. The van der Waals surface area contributed by atoms with Crippen molar-refractivity contribution in [2.24, 2.45) is 5.41 Å². The van der Waals surface area contributed by atoms with Gasteiger partial charge in [0.15, 0.2) is 0 Å². The van der Waals surface area contributed by atoms with Gasteiger partial charge in [0.05, 0.1) is 6.04 Å². The minimum atomic E-state index is -0.477. The third-order valence-electron chi connectivity index (χ3n) is 7.23. The Labute approximate surface area is 213 Å². The van der Waals surface area contributed by atoms with Gasteiger partial charge in [-0.05, 0) is 68.7 Å². The number of rotatable bonds is 4. The molecule has 0 saturated carbocycles. The first kappa shape index (κ1) is 24.2. The zero-order valence-electron chi connectivity index (χ0n) is 21.8. The van der Waals surface area contributed by atoms with Gasteiger partial charge < -0.3 is 19.9 Å². The maximum Gasteiger partial charge on any atom is 0.410 e. The highest BCUT2D eigenvalue weighted by atomic mass is 16.6. The van der Waals surface area contributed by atoms with Gasteiger partial charge in [-0.1, -0.05) is 48.5 Å². The molecule has 6 heteroatoms. The number of nitrogens with one attached hydrogen (secondary N) is 1. The molecule has 1 spiro atoms. The molecule has 1 atom stereocenters. The summed E-state index contributed by atoms with van der Waals surface area (Å²) in [5.41, 5.74) is 3.47. The Morgan fingerprint density at radius 2 is 1.67 bits per heavy atom. The number of nitrogens with zero attached hydrogens (tertiary/aromatic N) is 2. The lowest BCUT2D eigenvalue weighted by molar-refractivity contribution is -0.0453. The fraction of sp³-hybridized carbons (Fsp3) is 0.400. The molecule has 1 N–H and O–H groups in total. The molecule has 0 radical (unpaired) electrons. The summed E-state index contributed by atoms with van der Waals surface area (Å²) in [6.45, 7) is 12.9. The third kappa shape index (κ3) is 4.64. The van der Waals surface area contributed by atoms with Gasteiger partial charge in [-0.25, -0.2) is 4.79 Å². The highest BCUT2D eigenvalue weighted by molar-refractivity contribution is 5.97. The fourth-order valence-electron chi connectivity index (χ4n) is 5.40. The van der Waals surface area contributed by atoms with E-state index in [9.17, 15) is 9.59 Å². The SMILES string of the molecule is Cc1ccc(N2CC3(CN(C(=O)OC(C)(C)C)C3)C2)cc1C(=O)N[C@H](C)c1cccc2ccccc12. The van der Waals surface area contributed by atoms with E-state index >= 15 is 0 Å². The van der Waals surface area contributed by atoms with E-state index in [0.29, 0.717) is 5.56 Å². The Morgan fingerprint density at radius 3 is 2.39 bits per heavy atom. The van der Waals surface area contributed by atoms with Gasteiger partial charge in [-0.3, -0.25) is 4.79 Å². The number of likely N-dealkylation sites (tertiary alicyclic amines) is 1. The topological polar surface area (TPSA) is 61.9 Å². The van der Waals surface area contributed by atoms with Crippen LogP contribution in [0.2, 0.25) is 0 Å². The van der Waals surface area contributed by atoms with Crippen LogP contribution in [0.4, 0.5) is 10.5 Å². The Balaban J connectivity index is 1.23. The van der Waals surface area contributed by atoms with Gasteiger partial charge in [-0.15, -0.1) is 0 Å². The van der Waals surface area contributed by atoms with Crippen LogP contribution in [0.3, 0.4) is 0 Å². The highest BCUT2D eigenvalue weighted by Crippen LogP contribution is 2.42. The van der Waals surface area contributed by atoms with E-state index in [-0.39, 0.29) is 23.5 Å². The maximum atomic E-state index is 13.3. The Kier molecular flexibility index (Phi) is 5.93. The standard InChI is InChI=1S/C30H35N3O3/c1-20-13-14-23(32-16-30(17-32)18-33(19-30)28(35)36-29(3,4)5)15-26(20)27(34)31-21(2)24-12-8-10-22-9-6-7-11-25(22)24/h6-15,21H,16-19H2,1-5H3,(H,31,34)/t21-/m1/s1. The van der Waals surface area contributed by atoms with E-state index in [2.05, 4.69) is 40.5 Å². The van der Waals surface area contributed by atoms with Crippen molar-refractivity contribution >= 4 is 28.5 Å². The van der Waals surface area contributed by atoms with Crippen LogP contribution in [0, 0.1) is 12.3 Å². The van der Waals surface area contributed by atoms with Crippen molar-refractivity contribution in [1.82, 2.24) is 10.2 Å². The van der Waals surface area contributed by atoms with E-state index < -0.39 is 5.60 Å². The van der Waals surface area contributed by atoms with Crippen LogP contribution in [0.5, 0.6) is 0 Å². The minimum absolute atomic E-state index is 0.0650. The second kappa shape index (κ2) is 8.84. The van der Waals surface area contributed by atoms with Crippen molar-refractivity contribution in [3.63, 3.8) is 0 Å².